The number of rotatable bonds is 8. The first-order valence-electron chi connectivity index (χ1n) is 13.8. The summed E-state index contributed by atoms with van der Waals surface area (Å²) in [6.07, 6.45) is -0.817. The summed E-state index contributed by atoms with van der Waals surface area (Å²) < 4.78 is 17.2. The number of aromatic nitrogens is 2. The molecule has 1 unspecified atom stereocenters. The Morgan fingerprint density at radius 3 is 2.20 bits per heavy atom. The number of fused-ring (bicyclic) bond motifs is 2. The average Bonchev–Trinajstić information content (AvgIpc) is 3.59. The highest BCUT2D eigenvalue weighted by atomic mass is 32.1. The molecule has 11 heteroatoms. The van der Waals surface area contributed by atoms with Crippen LogP contribution in [0.5, 0.6) is 5.75 Å². The molecule has 0 saturated heterocycles. The molecule has 2 aromatic heterocycles. The van der Waals surface area contributed by atoms with Crippen LogP contribution in [0.15, 0.2) is 93.5 Å². The summed E-state index contributed by atoms with van der Waals surface area (Å²) in [5, 5.41) is 16.1. The molecule has 2 amide bonds. The van der Waals surface area contributed by atoms with E-state index >= 15 is 0 Å². The maximum absolute atomic E-state index is 12.4. The van der Waals surface area contributed by atoms with Crippen LogP contribution in [0.4, 0.5) is 22.1 Å². The van der Waals surface area contributed by atoms with Crippen LogP contribution < -0.4 is 15.4 Å². The number of ether oxygens (including phenoxy) is 1. The SMILES string of the molecule is CC(=O)Nc1cc(N=Nc2snc3ccc(C)cc23)cc(NC(C)=O)c1OC(c1ccc(C)cc1)c1nc2ccccc2o1. The van der Waals surface area contributed by atoms with E-state index in [1.54, 1.807) is 12.1 Å². The first-order chi connectivity index (χ1) is 21.2. The Bertz CT molecular complexity index is 1980. The number of amides is 2. The van der Waals surface area contributed by atoms with Gasteiger partial charge in [0.05, 0.1) is 22.6 Å². The van der Waals surface area contributed by atoms with Crippen LogP contribution in [-0.2, 0) is 9.59 Å². The lowest BCUT2D eigenvalue weighted by Crippen LogP contribution is -2.16. The quantitative estimate of drug-likeness (QED) is 0.167. The molecule has 0 radical (unpaired) electrons. The molecule has 0 saturated carbocycles. The number of para-hydroxylation sites is 2. The predicted molar refractivity (Wildman–Crippen MR) is 171 cm³/mol. The first-order valence-corrected chi connectivity index (χ1v) is 14.6. The minimum absolute atomic E-state index is 0.209. The van der Waals surface area contributed by atoms with Gasteiger partial charge in [0.25, 0.3) is 0 Å². The third kappa shape index (κ3) is 6.18. The van der Waals surface area contributed by atoms with Gasteiger partial charge in [-0.05, 0) is 61.8 Å². The van der Waals surface area contributed by atoms with Crippen molar-refractivity contribution in [3.8, 4) is 5.75 Å². The van der Waals surface area contributed by atoms with Crippen molar-refractivity contribution in [1.29, 1.82) is 0 Å². The van der Waals surface area contributed by atoms with E-state index in [0.717, 1.165) is 27.6 Å². The van der Waals surface area contributed by atoms with Crippen LogP contribution in [0.3, 0.4) is 0 Å². The molecule has 2 N–H and O–H groups in total. The van der Waals surface area contributed by atoms with E-state index < -0.39 is 6.10 Å². The standard InChI is InChI=1S/C33H28N6O4S/c1-18-9-12-22(13-10-18)30(32-36-26-7-5-6-8-29(26)42-32)43-31-27(34-20(3)40)16-23(17-28(31)35-21(4)41)37-38-33-24-15-19(2)11-14-25(24)39-44-33/h5-17,30H,1-4H3,(H,34,40)(H,35,41). The number of oxazole rings is 1. The summed E-state index contributed by atoms with van der Waals surface area (Å²) in [5.74, 6) is -0.152. The van der Waals surface area contributed by atoms with Gasteiger partial charge < -0.3 is 19.8 Å². The van der Waals surface area contributed by atoms with Gasteiger partial charge in [0, 0.05) is 24.8 Å². The number of azo groups is 1. The van der Waals surface area contributed by atoms with Crippen molar-refractivity contribution < 1.29 is 18.7 Å². The average molecular weight is 605 g/mol. The molecule has 10 nitrogen and oxygen atoms in total. The van der Waals surface area contributed by atoms with Gasteiger partial charge in [-0.25, -0.2) is 4.98 Å². The fourth-order valence-electron chi connectivity index (χ4n) is 4.70. The number of anilines is 2. The minimum atomic E-state index is -0.817. The Labute approximate surface area is 257 Å². The molecule has 44 heavy (non-hydrogen) atoms. The molecule has 0 aliphatic heterocycles. The highest BCUT2D eigenvalue weighted by Gasteiger charge is 2.26. The second-order valence-corrected chi connectivity index (χ2v) is 11.1. The summed E-state index contributed by atoms with van der Waals surface area (Å²) in [4.78, 5) is 29.4. The molecule has 0 bridgehead atoms. The molecular weight excluding hydrogens is 576 g/mol. The molecule has 6 rings (SSSR count). The molecule has 0 spiro atoms. The summed E-state index contributed by atoms with van der Waals surface area (Å²) in [7, 11) is 0. The van der Waals surface area contributed by atoms with Gasteiger partial charge >= 0.3 is 0 Å². The van der Waals surface area contributed by atoms with Crippen LogP contribution in [0.1, 0.15) is 42.5 Å². The summed E-state index contributed by atoms with van der Waals surface area (Å²) in [6.45, 7) is 6.77. The van der Waals surface area contributed by atoms with Crippen molar-refractivity contribution in [3.05, 3.63) is 101 Å². The lowest BCUT2D eigenvalue weighted by molar-refractivity contribution is -0.115. The summed E-state index contributed by atoms with van der Waals surface area (Å²) in [5.41, 5.74) is 5.99. The minimum Gasteiger partial charge on any atom is -0.472 e. The summed E-state index contributed by atoms with van der Waals surface area (Å²) >= 11 is 1.24. The van der Waals surface area contributed by atoms with Crippen LogP contribution >= 0.6 is 11.5 Å². The Kier molecular flexibility index (Phi) is 7.86. The van der Waals surface area contributed by atoms with E-state index in [-0.39, 0.29) is 28.9 Å². The lowest BCUT2D eigenvalue weighted by atomic mass is 10.1. The first kappa shape index (κ1) is 28.7. The van der Waals surface area contributed by atoms with Gasteiger partial charge in [-0.1, -0.05) is 53.6 Å². The Morgan fingerprint density at radius 2 is 1.52 bits per heavy atom. The van der Waals surface area contributed by atoms with Gasteiger partial charge in [-0.2, -0.15) is 4.37 Å². The molecular formula is C33H28N6O4S. The van der Waals surface area contributed by atoms with E-state index in [2.05, 4.69) is 25.2 Å². The smallest absolute Gasteiger partial charge is 0.241 e. The number of carbonyl (C=O) groups is 2. The molecule has 0 aliphatic rings. The molecule has 0 aliphatic carbocycles. The summed E-state index contributed by atoms with van der Waals surface area (Å²) in [6, 6.07) is 24.4. The van der Waals surface area contributed by atoms with Gasteiger partial charge in [0.1, 0.15) is 5.52 Å². The van der Waals surface area contributed by atoms with Gasteiger partial charge in [0.15, 0.2) is 22.4 Å². The largest absolute Gasteiger partial charge is 0.472 e. The van der Waals surface area contributed by atoms with Gasteiger partial charge in [-0.3, -0.25) is 9.59 Å². The van der Waals surface area contributed by atoms with Crippen LogP contribution in [0.25, 0.3) is 22.0 Å². The highest BCUT2D eigenvalue weighted by molar-refractivity contribution is 7.11. The molecule has 220 valence electrons. The van der Waals surface area contributed by atoms with E-state index in [0.29, 0.717) is 27.7 Å². The van der Waals surface area contributed by atoms with E-state index in [9.17, 15) is 9.59 Å². The number of hydrogen-bond acceptors (Lipinski definition) is 9. The molecule has 4 aromatic carbocycles. The van der Waals surface area contributed by atoms with E-state index in [4.69, 9.17) is 14.1 Å². The van der Waals surface area contributed by atoms with Crippen LogP contribution in [-0.4, -0.2) is 21.2 Å². The predicted octanol–water partition coefficient (Wildman–Crippen LogP) is 8.55. The van der Waals surface area contributed by atoms with E-state index in [1.165, 1.54) is 25.4 Å². The van der Waals surface area contributed by atoms with Crippen molar-refractivity contribution in [1.82, 2.24) is 9.36 Å². The molecule has 0 fully saturated rings. The number of nitrogens with zero attached hydrogens (tertiary/aromatic N) is 4. The van der Waals surface area contributed by atoms with Crippen molar-refractivity contribution in [2.24, 2.45) is 10.2 Å². The topological polar surface area (TPSA) is 131 Å². The molecule has 6 aromatic rings. The Balaban J connectivity index is 1.46. The monoisotopic (exact) mass is 604 g/mol. The highest BCUT2D eigenvalue weighted by Crippen LogP contribution is 2.43. The van der Waals surface area contributed by atoms with Crippen molar-refractivity contribution >= 4 is 67.4 Å². The fourth-order valence-corrected chi connectivity index (χ4v) is 5.39. The Hall–Kier alpha value is -5.42. The fraction of sp³-hybridized carbons (Fsp3) is 0.152. The number of benzene rings is 4. The zero-order chi connectivity index (χ0) is 30.8. The lowest BCUT2D eigenvalue weighted by Gasteiger charge is -2.22. The van der Waals surface area contributed by atoms with Crippen LogP contribution in [0, 0.1) is 13.8 Å². The Morgan fingerprint density at radius 1 is 0.841 bits per heavy atom. The van der Waals surface area contributed by atoms with Gasteiger partial charge in [0.2, 0.25) is 17.7 Å². The maximum atomic E-state index is 12.4. The number of aryl methyl sites for hydroxylation is 2. The maximum Gasteiger partial charge on any atom is 0.241 e. The second-order valence-electron chi connectivity index (χ2n) is 10.4. The zero-order valence-electron chi connectivity index (χ0n) is 24.4. The zero-order valence-corrected chi connectivity index (χ0v) is 25.2. The van der Waals surface area contributed by atoms with Crippen molar-refractivity contribution in [2.45, 2.75) is 33.8 Å². The third-order valence-corrected chi connectivity index (χ3v) is 7.48. The number of carbonyl (C=O) groups excluding carboxylic acids is 2. The van der Waals surface area contributed by atoms with E-state index in [1.807, 2.05) is 80.6 Å². The normalized spacial score (nSPS) is 12.1. The molecule has 2 heterocycles. The van der Waals surface area contributed by atoms with Crippen molar-refractivity contribution in [2.75, 3.05) is 10.6 Å². The third-order valence-electron chi connectivity index (χ3n) is 6.71. The molecule has 1 atom stereocenters. The van der Waals surface area contributed by atoms with Crippen LogP contribution in [0.2, 0.25) is 0 Å². The number of hydrogen-bond donors (Lipinski definition) is 2. The van der Waals surface area contributed by atoms with Crippen molar-refractivity contribution in [3.63, 3.8) is 0 Å². The van der Waals surface area contributed by atoms with Gasteiger partial charge in [-0.15, -0.1) is 10.2 Å². The number of nitrogens with one attached hydrogen (secondary N) is 2. The second kappa shape index (κ2) is 12.1.